The van der Waals surface area contributed by atoms with Crippen molar-refractivity contribution in [3.05, 3.63) is 48.0 Å². The smallest absolute Gasteiger partial charge is 0.0279 e. The van der Waals surface area contributed by atoms with Crippen molar-refractivity contribution in [3.8, 4) is 0 Å². The van der Waals surface area contributed by atoms with Gasteiger partial charge in [-0.2, -0.15) is 0 Å². The molecule has 1 aliphatic carbocycles. The maximum absolute atomic E-state index is 5.78. The van der Waals surface area contributed by atoms with Gasteiger partial charge in [0.05, 0.1) is 0 Å². The van der Waals surface area contributed by atoms with E-state index in [0.717, 1.165) is 12.3 Å². The Hall–Kier alpha value is -1.38. The molecule has 0 aromatic heterocycles. The summed E-state index contributed by atoms with van der Waals surface area (Å²) in [7, 11) is 0. The van der Waals surface area contributed by atoms with Crippen LogP contribution in [-0.4, -0.2) is 6.04 Å². The van der Waals surface area contributed by atoms with E-state index in [9.17, 15) is 0 Å². The minimum absolute atomic E-state index is 0.373. The van der Waals surface area contributed by atoms with Gasteiger partial charge in [-0.25, -0.2) is 0 Å². The standard InChI is InChI=1S/C17H22N2/c1-12(13-9-10-13)17(19-18)11-15-7-4-6-14-5-2-3-8-16(14)15/h2-8,12-13,17,19H,9-11,18H2,1H3. The van der Waals surface area contributed by atoms with Crippen LogP contribution >= 0.6 is 0 Å². The first-order valence-electron chi connectivity index (χ1n) is 7.22. The van der Waals surface area contributed by atoms with Gasteiger partial charge in [0, 0.05) is 6.04 Å². The zero-order valence-corrected chi connectivity index (χ0v) is 11.5. The summed E-state index contributed by atoms with van der Waals surface area (Å²) in [5, 5.41) is 2.67. The molecule has 0 radical (unpaired) electrons. The lowest BCUT2D eigenvalue weighted by Gasteiger charge is -2.23. The average molecular weight is 254 g/mol. The van der Waals surface area contributed by atoms with Crippen molar-refractivity contribution in [2.24, 2.45) is 17.7 Å². The van der Waals surface area contributed by atoms with Gasteiger partial charge in [-0.1, -0.05) is 49.4 Å². The predicted octanol–water partition coefficient (Wildman–Crippen LogP) is 3.26. The molecule has 0 bridgehead atoms. The zero-order chi connectivity index (χ0) is 13.2. The molecular formula is C17H22N2. The van der Waals surface area contributed by atoms with E-state index in [1.807, 2.05) is 0 Å². The van der Waals surface area contributed by atoms with E-state index in [1.54, 1.807) is 0 Å². The van der Waals surface area contributed by atoms with Crippen LogP contribution in [0.5, 0.6) is 0 Å². The zero-order valence-electron chi connectivity index (χ0n) is 11.5. The second-order valence-electron chi connectivity index (χ2n) is 5.81. The van der Waals surface area contributed by atoms with E-state index in [0.29, 0.717) is 12.0 Å². The van der Waals surface area contributed by atoms with Gasteiger partial charge in [0.1, 0.15) is 0 Å². The first kappa shape index (κ1) is 12.6. The summed E-state index contributed by atoms with van der Waals surface area (Å²) in [5.74, 6) is 7.31. The van der Waals surface area contributed by atoms with Crippen molar-refractivity contribution in [2.75, 3.05) is 0 Å². The van der Waals surface area contributed by atoms with Crippen molar-refractivity contribution in [1.82, 2.24) is 5.43 Å². The van der Waals surface area contributed by atoms with Crippen LogP contribution in [0.1, 0.15) is 25.3 Å². The number of rotatable bonds is 5. The molecule has 19 heavy (non-hydrogen) atoms. The molecule has 1 fully saturated rings. The van der Waals surface area contributed by atoms with Crippen LogP contribution in [0.15, 0.2) is 42.5 Å². The molecule has 0 aliphatic heterocycles. The number of fused-ring (bicyclic) bond motifs is 1. The summed E-state index contributed by atoms with van der Waals surface area (Å²) in [6.45, 7) is 2.33. The number of hydrazine groups is 1. The lowest BCUT2D eigenvalue weighted by atomic mass is 9.90. The summed E-state index contributed by atoms with van der Waals surface area (Å²) >= 11 is 0. The summed E-state index contributed by atoms with van der Waals surface area (Å²) < 4.78 is 0. The molecule has 0 heterocycles. The Labute approximate surface area is 115 Å². The molecule has 100 valence electrons. The van der Waals surface area contributed by atoms with Crippen LogP contribution in [0.25, 0.3) is 10.8 Å². The van der Waals surface area contributed by atoms with Crippen LogP contribution in [0.4, 0.5) is 0 Å². The minimum atomic E-state index is 0.373. The molecule has 2 unspecified atom stereocenters. The number of benzene rings is 2. The van der Waals surface area contributed by atoms with Crippen molar-refractivity contribution in [1.29, 1.82) is 0 Å². The molecule has 2 aromatic carbocycles. The van der Waals surface area contributed by atoms with Gasteiger partial charge >= 0.3 is 0 Å². The third-order valence-electron chi connectivity index (χ3n) is 4.53. The van der Waals surface area contributed by atoms with Crippen LogP contribution in [0.2, 0.25) is 0 Å². The second kappa shape index (κ2) is 5.32. The summed E-state index contributed by atoms with van der Waals surface area (Å²) in [5.41, 5.74) is 4.43. The Kier molecular flexibility index (Phi) is 3.54. The largest absolute Gasteiger partial charge is 0.271 e. The van der Waals surface area contributed by atoms with Gasteiger partial charge in [0.15, 0.2) is 0 Å². The van der Waals surface area contributed by atoms with E-state index in [1.165, 1.54) is 29.2 Å². The molecule has 2 nitrogen and oxygen atoms in total. The van der Waals surface area contributed by atoms with Crippen LogP contribution < -0.4 is 11.3 Å². The summed E-state index contributed by atoms with van der Waals surface area (Å²) in [6.07, 6.45) is 3.75. The maximum Gasteiger partial charge on any atom is 0.0279 e. The second-order valence-corrected chi connectivity index (χ2v) is 5.81. The van der Waals surface area contributed by atoms with Crippen molar-refractivity contribution in [2.45, 2.75) is 32.2 Å². The lowest BCUT2D eigenvalue weighted by Crippen LogP contribution is -2.42. The molecule has 3 N–H and O–H groups in total. The highest BCUT2D eigenvalue weighted by Gasteiger charge is 2.32. The molecule has 1 saturated carbocycles. The Morgan fingerprint density at radius 3 is 2.63 bits per heavy atom. The number of hydrogen-bond donors (Lipinski definition) is 2. The Morgan fingerprint density at radius 1 is 1.16 bits per heavy atom. The van der Waals surface area contributed by atoms with E-state index >= 15 is 0 Å². The van der Waals surface area contributed by atoms with Gasteiger partial charge in [0.2, 0.25) is 0 Å². The summed E-state index contributed by atoms with van der Waals surface area (Å²) in [6, 6.07) is 15.5. The van der Waals surface area contributed by atoms with Crippen LogP contribution in [0, 0.1) is 11.8 Å². The van der Waals surface area contributed by atoms with Gasteiger partial charge in [-0.3, -0.25) is 11.3 Å². The average Bonchev–Trinajstić information content (AvgIpc) is 3.28. The lowest BCUT2D eigenvalue weighted by molar-refractivity contribution is 0.344. The highest BCUT2D eigenvalue weighted by Crippen LogP contribution is 2.39. The first-order chi connectivity index (χ1) is 9.29. The van der Waals surface area contributed by atoms with Gasteiger partial charge < -0.3 is 0 Å². The Bertz CT molecular complexity index is 555. The van der Waals surface area contributed by atoms with E-state index in [4.69, 9.17) is 5.84 Å². The molecule has 3 rings (SSSR count). The normalized spacial score (nSPS) is 18.4. The van der Waals surface area contributed by atoms with Gasteiger partial charge in [-0.05, 0) is 47.4 Å². The molecule has 0 amide bonds. The van der Waals surface area contributed by atoms with Crippen LogP contribution in [-0.2, 0) is 6.42 Å². The Balaban J connectivity index is 1.87. The monoisotopic (exact) mass is 254 g/mol. The fraction of sp³-hybridized carbons (Fsp3) is 0.412. The number of nitrogens with two attached hydrogens (primary N) is 1. The molecule has 2 atom stereocenters. The molecule has 0 saturated heterocycles. The molecule has 2 aromatic rings. The topological polar surface area (TPSA) is 38.0 Å². The van der Waals surface area contributed by atoms with Crippen molar-refractivity contribution < 1.29 is 0 Å². The van der Waals surface area contributed by atoms with Crippen molar-refractivity contribution in [3.63, 3.8) is 0 Å². The van der Waals surface area contributed by atoms with Gasteiger partial charge in [0.25, 0.3) is 0 Å². The third kappa shape index (κ3) is 2.65. The van der Waals surface area contributed by atoms with Crippen molar-refractivity contribution >= 4 is 10.8 Å². The first-order valence-corrected chi connectivity index (χ1v) is 7.22. The van der Waals surface area contributed by atoms with Gasteiger partial charge in [-0.15, -0.1) is 0 Å². The maximum atomic E-state index is 5.78. The third-order valence-corrected chi connectivity index (χ3v) is 4.53. The highest BCUT2D eigenvalue weighted by atomic mass is 15.2. The van der Waals surface area contributed by atoms with Crippen LogP contribution in [0.3, 0.4) is 0 Å². The van der Waals surface area contributed by atoms with E-state index < -0.39 is 0 Å². The number of nitrogens with one attached hydrogen (secondary N) is 1. The SMILES string of the molecule is CC(C1CC1)C(Cc1cccc2ccccc12)NN. The molecule has 1 aliphatic rings. The van der Waals surface area contributed by atoms with E-state index in [2.05, 4.69) is 54.8 Å². The molecule has 0 spiro atoms. The fourth-order valence-corrected chi connectivity index (χ4v) is 3.05. The molecular weight excluding hydrogens is 232 g/mol. The fourth-order valence-electron chi connectivity index (χ4n) is 3.05. The Morgan fingerprint density at radius 2 is 1.89 bits per heavy atom. The number of hydrogen-bond acceptors (Lipinski definition) is 2. The summed E-state index contributed by atoms with van der Waals surface area (Å²) in [4.78, 5) is 0. The minimum Gasteiger partial charge on any atom is -0.271 e. The van der Waals surface area contributed by atoms with E-state index in [-0.39, 0.29) is 0 Å². The molecule has 2 heteroatoms. The highest BCUT2D eigenvalue weighted by molar-refractivity contribution is 5.85. The predicted molar refractivity (Wildman–Crippen MR) is 80.7 cm³/mol. The quantitative estimate of drug-likeness (QED) is 0.635.